The number of hydrogen-bond acceptors (Lipinski definition) is 4. The van der Waals surface area contributed by atoms with E-state index in [0.29, 0.717) is 5.84 Å². The maximum absolute atomic E-state index is 6.32. The Labute approximate surface area is 284 Å². The summed E-state index contributed by atoms with van der Waals surface area (Å²) in [6, 6.07) is 61.2. The van der Waals surface area contributed by atoms with Crippen LogP contribution in [0, 0.1) is 0 Å². The van der Waals surface area contributed by atoms with E-state index < -0.39 is 0 Å². The van der Waals surface area contributed by atoms with Gasteiger partial charge in [0, 0.05) is 21.9 Å². The third kappa shape index (κ3) is 5.60. The number of amidine groups is 2. The molecule has 1 atom stereocenters. The highest BCUT2D eigenvalue weighted by Crippen LogP contribution is 2.35. The molecular weight excluding hydrogens is 599 g/mol. The third-order valence-corrected chi connectivity index (χ3v) is 9.15. The number of nitrogens with one attached hydrogen (secondary N) is 1. The first kappa shape index (κ1) is 28.7. The minimum absolute atomic E-state index is 0.255. The van der Waals surface area contributed by atoms with Gasteiger partial charge in [0.2, 0.25) is 0 Å². The lowest BCUT2D eigenvalue weighted by Crippen LogP contribution is -2.33. The molecule has 0 aliphatic carbocycles. The Morgan fingerprint density at radius 2 is 0.878 bits per heavy atom. The van der Waals surface area contributed by atoms with E-state index in [-0.39, 0.29) is 6.17 Å². The fraction of sp³-hybridized carbons (Fsp3) is 0.0222. The molecule has 0 radical (unpaired) electrons. The second-order valence-corrected chi connectivity index (χ2v) is 12.3. The molecule has 0 saturated carbocycles. The molecule has 4 nitrogen and oxygen atoms in total. The van der Waals surface area contributed by atoms with E-state index >= 15 is 0 Å². The minimum Gasteiger partial charge on any atom is -0.456 e. The Bertz CT molecular complexity index is 2500. The molecule has 232 valence electrons. The summed E-state index contributed by atoms with van der Waals surface area (Å²) >= 11 is 0. The largest absolute Gasteiger partial charge is 0.456 e. The van der Waals surface area contributed by atoms with Crippen molar-refractivity contribution in [3.05, 3.63) is 193 Å². The summed E-state index contributed by atoms with van der Waals surface area (Å²) in [5, 5.41) is 5.71. The highest BCUT2D eigenvalue weighted by atomic mass is 16.3. The molecule has 4 heteroatoms. The fourth-order valence-electron chi connectivity index (χ4n) is 6.59. The van der Waals surface area contributed by atoms with Crippen LogP contribution in [0.25, 0.3) is 55.3 Å². The molecule has 8 aromatic rings. The van der Waals surface area contributed by atoms with Crippen LogP contribution in [-0.4, -0.2) is 11.7 Å². The molecule has 9 rings (SSSR count). The predicted molar refractivity (Wildman–Crippen MR) is 202 cm³/mol. The van der Waals surface area contributed by atoms with E-state index in [1.807, 2.05) is 48.5 Å². The lowest BCUT2D eigenvalue weighted by atomic mass is 9.96. The number of hydrogen-bond donors (Lipinski definition) is 1. The zero-order valence-corrected chi connectivity index (χ0v) is 26.6. The van der Waals surface area contributed by atoms with Gasteiger partial charge >= 0.3 is 0 Å². The van der Waals surface area contributed by atoms with Gasteiger partial charge in [-0.3, -0.25) is 0 Å². The van der Waals surface area contributed by atoms with Crippen molar-refractivity contribution >= 4 is 33.6 Å². The van der Waals surface area contributed by atoms with Crippen molar-refractivity contribution in [2.24, 2.45) is 9.98 Å². The molecule has 0 saturated heterocycles. The van der Waals surface area contributed by atoms with Gasteiger partial charge in [0.25, 0.3) is 0 Å². The Hall–Kier alpha value is -6.52. The Morgan fingerprint density at radius 3 is 1.55 bits per heavy atom. The minimum atomic E-state index is -0.255. The van der Waals surface area contributed by atoms with Crippen LogP contribution >= 0.6 is 0 Å². The summed E-state index contributed by atoms with van der Waals surface area (Å²) in [5.74, 6) is 1.48. The summed E-state index contributed by atoms with van der Waals surface area (Å²) < 4.78 is 6.32. The van der Waals surface area contributed by atoms with Crippen molar-refractivity contribution in [1.29, 1.82) is 0 Å². The molecule has 0 bridgehead atoms. The zero-order valence-electron chi connectivity index (χ0n) is 26.6. The summed E-state index contributed by atoms with van der Waals surface area (Å²) in [7, 11) is 0. The smallest absolute Gasteiger partial charge is 0.159 e. The van der Waals surface area contributed by atoms with E-state index in [2.05, 4.69) is 133 Å². The van der Waals surface area contributed by atoms with Crippen molar-refractivity contribution < 1.29 is 4.42 Å². The topological polar surface area (TPSA) is 49.9 Å². The van der Waals surface area contributed by atoms with E-state index in [9.17, 15) is 0 Å². The van der Waals surface area contributed by atoms with Crippen LogP contribution in [-0.2, 0) is 0 Å². The summed E-state index contributed by atoms with van der Waals surface area (Å²) in [5.41, 5.74) is 11.8. The molecule has 49 heavy (non-hydrogen) atoms. The van der Waals surface area contributed by atoms with E-state index in [1.165, 1.54) is 22.3 Å². The molecule has 1 aliphatic rings. The number of fused-ring (bicyclic) bond motifs is 3. The van der Waals surface area contributed by atoms with Crippen LogP contribution in [0.3, 0.4) is 0 Å². The summed E-state index contributed by atoms with van der Waals surface area (Å²) in [4.78, 5) is 10.0. The number of aliphatic imine (C=N–C) groups is 2. The van der Waals surface area contributed by atoms with Gasteiger partial charge in [-0.15, -0.1) is 0 Å². The first-order chi connectivity index (χ1) is 24.2. The average molecular weight is 630 g/mol. The zero-order chi connectivity index (χ0) is 32.6. The van der Waals surface area contributed by atoms with Crippen LogP contribution in [0.1, 0.15) is 22.9 Å². The predicted octanol–water partition coefficient (Wildman–Crippen LogP) is 11.1. The van der Waals surface area contributed by atoms with Crippen LogP contribution in [0.4, 0.5) is 0 Å². The van der Waals surface area contributed by atoms with Gasteiger partial charge < -0.3 is 9.73 Å². The number of nitrogens with zero attached hydrogens (tertiary/aromatic N) is 2. The third-order valence-electron chi connectivity index (χ3n) is 9.15. The summed E-state index contributed by atoms with van der Waals surface area (Å²) in [6.07, 6.45) is -0.255. The molecule has 0 spiro atoms. The van der Waals surface area contributed by atoms with Crippen LogP contribution in [0.15, 0.2) is 190 Å². The second kappa shape index (κ2) is 12.3. The SMILES string of the molecule is c1ccc(C2=NC(c3ccccc3)NC(c3ccc4oc5ccc(-c6cccc(-c7ccc(-c8ccccc8)cc7)c6)cc5c4c3)=N2)cc1. The number of rotatable bonds is 6. The normalized spacial score (nSPS) is 14.3. The van der Waals surface area contributed by atoms with Gasteiger partial charge in [0.05, 0.1) is 0 Å². The number of benzene rings is 7. The highest BCUT2D eigenvalue weighted by Gasteiger charge is 2.22. The maximum Gasteiger partial charge on any atom is 0.159 e. The lowest BCUT2D eigenvalue weighted by Gasteiger charge is -2.23. The molecule has 1 aromatic heterocycles. The molecule has 1 aliphatic heterocycles. The van der Waals surface area contributed by atoms with Crippen LogP contribution in [0.5, 0.6) is 0 Å². The molecule has 1 N–H and O–H groups in total. The van der Waals surface area contributed by atoms with Gasteiger partial charge in [-0.05, 0) is 75.3 Å². The lowest BCUT2D eigenvalue weighted by molar-refractivity contribution is 0.668. The Kier molecular flexibility index (Phi) is 7.17. The summed E-state index contributed by atoms with van der Waals surface area (Å²) in [6.45, 7) is 0. The quantitative estimate of drug-likeness (QED) is 0.199. The molecular formula is C45H31N3O. The first-order valence-electron chi connectivity index (χ1n) is 16.5. The fourth-order valence-corrected chi connectivity index (χ4v) is 6.59. The maximum atomic E-state index is 6.32. The standard InChI is InChI=1S/C45H31N3O/c1-4-11-30(12-5-1)31-19-21-32(22-20-31)35-17-10-18-36(27-35)37-23-25-41-39(28-37)40-29-38(24-26-42(40)49-41)45-47-43(33-13-6-2-7-14-33)46-44(48-45)34-15-8-3-9-16-34/h1-29,43H,(H,46,47,48). The average Bonchev–Trinajstić information content (AvgIpc) is 3.56. The van der Waals surface area contributed by atoms with Gasteiger partial charge in [0.1, 0.15) is 23.2 Å². The molecule has 7 aromatic carbocycles. The monoisotopic (exact) mass is 629 g/mol. The first-order valence-corrected chi connectivity index (χ1v) is 16.5. The van der Waals surface area contributed by atoms with Gasteiger partial charge in [0.15, 0.2) is 5.84 Å². The Balaban J connectivity index is 1.07. The second-order valence-electron chi connectivity index (χ2n) is 12.3. The van der Waals surface area contributed by atoms with Gasteiger partial charge in [-0.1, -0.05) is 140 Å². The van der Waals surface area contributed by atoms with Crippen molar-refractivity contribution in [3.63, 3.8) is 0 Å². The number of furan rings is 1. The molecule has 0 fully saturated rings. The van der Waals surface area contributed by atoms with E-state index in [0.717, 1.165) is 55.6 Å². The molecule has 2 heterocycles. The van der Waals surface area contributed by atoms with Crippen molar-refractivity contribution in [1.82, 2.24) is 5.32 Å². The van der Waals surface area contributed by atoms with Crippen LogP contribution in [0.2, 0.25) is 0 Å². The van der Waals surface area contributed by atoms with E-state index in [4.69, 9.17) is 14.4 Å². The van der Waals surface area contributed by atoms with Gasteiger partial charge in [-0.25, -0.2) is 9.98 Å². The molecule has 0 amide bonds. The Morgan fingerprint density at radius 1 is 0.408 bits per heavy atom. The van der Waals surface area contributed by atoms with Crippen molar-refractivity contribution in [2.45, 2.75) is 6.17 Å². The van der Waals surface area contributed by atoms with Crippen LogP contribution < -0.4 is 5.32 Å². The van der Waals surface area contributed by atoms with Crippen molar-refractivity contribution in [2.75, 3.05) is 0 Å². The van der Waals surface area contributed by atoms with Gasteiger partial charge in [-0.2, -0.15) is 0 Å². The van der Waals surface area contributed by atoms with E-state index in [1.54, 1.807) is 0 Å². The molecule has 1 unspecified atom stereocenters. The van der Waals surface area contributed by atoms with Crippen molar-refractivity contribution in [3.8, 4) is 33.4 Å². The highest BCUT2D eigenvalue weighted by molar-refractivity contribution is 6.15.